The highest BCUT2D eigenvalue weighted by Crippen LogP contribution is 2.28. The summed E-state index contributed by atoms with van der Waals surface area (Å²) in [4.78, 5) is 29.9. The highest BCUT2D eigenvalue weighted by molar-refractivity contribution is 5.80. The van der Waals surface area contributed by atoms with Crippen LogP contribution in [0.25, 0.3) is 10.9 Å². The number of aliphatic hydroxyl groups excluding tert-OH is 1. The van der Waals surface area contributed by atoms with Crippen molar-refractivity contribution in [2.24, 2.45) is 5.92 Å². The van der Waals surface area contributed by atoms with Crippen molar-refractivity contribution < 1.29 is 14.6 Å². The lowest BCUT2D eigenvalue weighted by Gasteiger charge is -2.32. The molecule has 178 valence electrons. The Bertz CT molecular complexity index is 1170. The molecule has 0 radical (unpaired) electrons. The van der Waals surface area contributed by atoms with Crippen LogP contribution in [0.4, 0.5) is 0 Å². The normalized spacial score (nSPS) is 12.6. The van der Waals surface area contributed by atoms with Crippen molar-refractivity contribution in [1.29, 1.82) is 0 Å². The number of tetrazole rings is 1. The lowest BCUT2D eigenvalue weighted by molar-refractivity contribution is -0.144. The van der Waals surface area contributed by atoms with E-state index in [1.54, 1.807) is 6.92 Å². The molecular weight excluding hydrogens is 424 g/mol. The largest absolute Gasteiger partial charge is 0.465 e. The fraction of sp³-hybridized carbons (Fsp3) is 0.522. The molecule has 0 unspecified atom stereocenters. The number of H-pyrrole nitrogens is 1. The first-order valence-corrected chi connectivity index (χ1v) is 11.1. The number of aromatic nitrogens is 5. The van der Waals surface area contributed by atoms with Crippen molar-refractivity contribution in [3.63, 3.8) is 0 Å². The number of nitrogens with zero attached hydrogens (tertiary/aromatic N) is 5. The van der Waals surface area contributed by atoms with E-state index in [-0.39, 0.29) is 43.8 Å². The molecule has 2 heterocycles. The number of aryl methyl sites for hydroxylation is 2. The van der Waals surface area contributed by atoms with Gasteiger partial charge in [0.1, 0.15) is 6.54 Å². The number of ether oxygens (including phenoxy) is 1. The molecule has 10 heteroatoms. The van der Waals surface area contributed by atoms with E-state index in [0.29, 0.717) is 17.9 Å². The summed E-state index contributed by atoms with van der Waals surface area (Å²) in [5.74, 6) is 0.0852. The maximum atomic E-state index is 12.9. The Morgan fingerprint density at radius 2 is 1.97 bits per heavy atom. The summed E-state index contributed by atoms with van der Waals surface area (Å²) in [6, 6.07) is 5.59. The second kappa shape index (κ2) is 10.7. The van der Waals surface area contributed by atoms with Crippen LogP contribution in [0.2, 0.25) is 0 Å². The van der Waals surface area contributed by atoms with Gasteiger partial charge in [0.05, 0.1) is 19.3 Å². The fourth-order valence-electron chi connectivity index (χ4n) is 4.05. The SMILES string of the molecule is CCOC(=O)Cn1nnnc1[C@@H](C(C)C)N(CCO)Cc1cc2cc(C)c(C)cc2[nH]c1=O. The number of nitrogens with one attached hydrogen (secondary N) is 1. The maximum Gasteiger partial charge on any atom is 0.327 e. The van der Waals surface area contributed by atoms with Gasteiger partial charge < -0.3 is 14.8 Å². The Morgan fingerprint density at radius 3 is 2.64 bits per heavy atom. The first-order valence-electron chi connectivity index (χ1n) is 11.1. The Kier molecular flexibility index (Phi) is 7.93. The molecule has 0 aliphatic rings. The average Bonchev–Trinajstić information content (AvgIpc) is 3.17. The van der Waals surface area contributed by atoms with Crippen LogP contribution in [-0.2, 0) is 22.6 Å². The zero-order chi connectivity index (χ0) is 24.1. The van der Waals surface area contributed by atoms with E-state index in [0.717, 1.165) is 22.0 Å². The lowest BCUT2D eigenvalue weighted by atomic mass is 10.00. The monoisotopic (exact) mass is 456 g/mol. The molecule has 1 atom stereocenters. The van der Waals surface area contributed by atoms with Gasteiger partial charge in [-0.05, 0) is 71.8 Å². The van der Waals surface area contributed by atoms with E-state index in [2.05, 4.69) is 26.6 Å². The lowest BCUT2D eigenvalue weighted by Crippen LogP contribution is -2.37. The third-order valence-electron chi connectivity index (χ3n) is 5.73. The topological polar surface area (TPSA) is 126 Å². The number of aromatic amines is 1. The van der Waals surface area contributed by atoms with E-state index in [1.807, 2.05) is 44.7 Å². The van der Waals surface area contributed by atoms with Crippen LogP contribution in [0.3, 0.4) is 0 Å². The molecule has 2 aromatic heterocycles. The Labute approximate surface area is 192 Å². The second-order valence-electron chi connectivity index (χ2n) is 8.53. The molecule has 0 aliphatic heterocycles. The molecule has 0 saturated heterocycles. The average molecular weight is 457 g/mol. The van der Waals surface area contributed by atoms with Crippen LogP contribution >= 0.6 is 0 Å². The third-order valence-corrected chi connectivity index (χ3v) is 5.73. The zero-order valence-corrected chi connectivity index (χ0v) is 19.8. The number of hydrogen-bond donors (Lipinski definition) is 2. The number of benzene rings is 1. The smallest absolute Gasteiger partial charge is 0.327 e. The molecule has 3 aromatic rings. The summed E-state index contributed by atoms with van der Waals surface area (Å²) >= 11 is 0. The third kappa shape index (κ3) is 5.63. The number of fused-ring (bicyclic) bond motifs is 1. The Balaban J connectivity index is 1.98. The summed E-state index contributed by atoms with van der Waals surface area (Å²) < 4.78 is 6.45. The predicted octanol–water partition coefficient (Wildman–Crippen LogP) is 1.89. The van der Waals surface area contributed by atoms with Crippen LogP contribution in [0, 0.1) is 19.8 Å². The van der Waals surface area contributed by atoms with Crippen LogP contribution < -0.4 is 5.56 Å². The zero-order valence-electron chi connectivity index (χ0n) is 19.8. The van der Waals surface area contributed by atoms with E-state index in [4.69, 9.17) is 4.74 Å². The van der Waals surface area contributed by atoms with Gasteiger partial charge in [-0.25, -0.2) is 4.68 Å². The van der Waals surface area contributed by atoms with Gasteiger partial charge in [0.25, 0.3) is 5.56 Å². The first-order chi connectivity index (χ1) is 15.7. The number of esters is 1. The number of aliphatic hydroxyl groups is 1. The molecular formula is C23H32N6O4. The molecule has 33 heavy (non-hydrogen) atoms. The van der Waals surface area contributed by atoms with E-state index < -0.39 is 5.97 Å². The highest BCUT2D eigenvalue weighted by Gasteiger charge is 2.30. The standard InChI is InChI=1S/C23H32N6O4/c1-6-33-20(31)13-29-22(25-26-27-29)21(14(2)3)28(7-8-30)12-18-11-17-9-15(4)16(5)10-19(17)24-23(18)32/h9-11,14,21,30H,6-8,12-13H2,1-5H3,(H,24,32)/t21-/m1/s1. The quantitative estimate of drug-likeness (QED) is 0.443. The molecule has 0 fully saturated rings. The van der Waals surface area contributed by atoms with Crippen molar-refractivity contribution in [2.45, 2.75) is 53.8 Å². The van der Waals surface area contributed by atoms with Crippen LogP contribution in [-0.4, -0.2) is 60.9 Å². The predicted molar refractivity (Wildman–Crippen MR) is 124 cm³/mol. The van der Waals surface area contributed by atoms with Crippen LogP contribution in [0.1, 0.15) is 49.3 Å². The molecule has 1 aromatic carbocycles. The molecule has 0 spiro atoms. The van der Waals surface area contributed by atoms with Gasteiger partial charge in [-0.1, -0.05) is 13.8 Å². The van der Waals surface area contributed by atoms with Gasteiger partial charge in [-0.3, -0.25) is 14.5 Å². The van der Waals surface area contributed by atoms with Crippen LogP contribution in [0.15, 0.2) is 23.0 Å². The Hall–Kier alpha value is -3.11. The van der Waals surface area contributed by atoms with E-state index >= 15 is 0 Å². The number of carbonyl (C=O) groups excluding carboxylic acids is 1. The minimum Gasteiger partial charge on any atom is -0.465 e. The molecule has 0 saturated carbocycles. The van der Waals surface area contributed by atoms with Crippen molar-refractivity contribution in [3.05, 3.63) is 51.1 Å². The van der Waals surface area contributed by atoms with Crippen molar-refractivity contribution in [2.75, 3.05) is 19.8 Å². The minimum absolute atomic E-state index is 0.0351. The summed E-state index contributed by atoms with van der Waals surface area (Å²) in [7, 11) is 0. The van der Waals surface area contributed by atoms with Gasteiger partial charge in [0, 0.05) is 24.2 Å². The van der Waals surface area contributed by atoms with Crippen LogP contribution in [0.5, 0.6) is 0 Å². The van der Waals surface area contributed by atoms with Crippen molar-refractivity contribution in [1.82, 2.24) is 30.1 Å². The van der Waals surface area contributed by atoms with Gasteiger partial charge in [0.15, 0.2) is 5.82 Å². The number of hydrogen-bond acceptors (Lipinski definition) is 8. The molecule has 0 amide bonds. The molecule has 2 N–H and O–H groups in total. The molecule has 0 bridgehead atoms. The van der Waals surface area contributed by atoms with E-state index in [9.17, 15) is 14.7 Å². The van der Waals surface area contributed by atoms with Crippen molar-refractivity contribution in [3.8, 4) is 0 Å². The second-order valence-corrected chi connectivity index (χ2v) is 8.53. The highest BCUT2D eigenvalue weighted by atomic mass is 16.5. The maximum absolute atomic E-state index is 12.9. The van der Waals surface area contributed by atoms with Gasteiger partial charge in [-0.15, -0.1) is 5.10 Å². The number of carbonyl (C=O) groups is 1. The summed E-state index contributed by atoms with van der Waals surface area (Å²) in [5.41, 5.74) is 3.45. The summed E-state index contributed by atoms with van der Waals surface area (Å²) in [6.07, 6.45) is 0. The number of rotatable bonds is 10. The minimum atomic E-state index is -0.432. The Morgan fingerprint density at radius 1 is 1.24 bits per heavy atom. The first kappa shape index (κ1) is 24.5. The molecule has 0 aliphatic carbocycles. The van der Waals surface area contributed by atoms with E-state index in [1.165, 1.54) is 4.68 Å². The molecule has 3 rings (SSSR count). The van der Waals surface area contributed by atoms with Gasteiger partial charge >= 0.3 is 5.97 Å². The summed E-state index contributed by atoms with van der Waals surface area (Å²) in [5, 5.41) is 22.6. The summed E-state index contributed by atoms with van der Waals surface area (Å²) in [6.45, 7) is 10.5. The fourth-order valence-corrected chi connectivity index (χ4v) is 4.05. The van der Waals surface area contributed by atoms with Gasteiger partial charge in [-0.2, -0.15) is 0 Å². The number of pyridine rings is 1. The molecule has 10 nitrogen and oxygen atoms in total. The van der Waals surface area contributed by atoms with Gasteiger partial charge in [0.2, 0.25) is 0 Å². The van der Waals surface area contributed by atoms with Crippen molar-refractivity contribution >= 4 is 16.9 Å².